The molecule has 90 valence electrons. The van der Waals surface area contributed by atoms with Crippen LogP contribution in [-0.4, -0.2) is 30.8 Å². The summed E-state index contributed by atoms with van der Waals surface area (Å²) in [6.45, 7) is 2.94. The summed E-state index contributed by atoms with van der Waals surface area (Å²) in [6.07, 6.45) is 1.32. The number of aromatic nitrogens is 1. The first-order valence-corrected chi connectivity index (χ1v) is 6.46. The quantitative estimate of drug-likeness (QED) is 0.785. The summed E-state index contributed by atoms with van der Waals surface area (Å²) < 4.78 is 31.4. The Morgan fingerprint density at radius 2 is 2.12 bits per heavy atom. The number of hydrogen-bond donors (Lipinski definition) is 2. The summed E-state index contributed by atoms with van der Waals surface area (Å²) in [5.74, 6) is 0.263. The smallest absolute Gasteiger partial charge is 0.246 e. The van der Waals surface area contributed by atoms with Crippen LogP contribution >= 0.6 is 0 Å². The Morgan fingerprint density at radius 1 is 1.50 bits per heavy atom. The molecule has 1 heterocycles. The van der Waals surface area contributed by atoms with Crippen LogP contribution < -0.4 is 4.72 Å². The van der Waals surface area contributed by atoms with E-state index in [2.05, 4.69) is 9.88 Å². The Kier molecular flexibility index (Phi) is 2.56. The van der Waals surface area contributed by atoms with Gasteiger partial charge in [-0.3, -0.25) is 0 Å². The number of sulfonamides is 1. The molecule has 2 N–H and O–H groups in total. The monoisotopic (exact) mass is 246 g/mol. The van der Waals surface area contributed by atoms with Crippen molar-refractivity contribution in [1.29, 1.82) is 0 Å². The normalized spacial score (nSPS) is 18.7. The van der Waals surface area contributed by atoms with Gasteiger partial charge in [0.05, 0.1) is 12.1 Å². The van der Waals surface area contributed by atoms with Crippen molar-refractivity contribution in [2.75, 3.05) is 6.61 Å². The van der Waals surface area contributed by atoms with Crippen molar-refractivity contribution >= 4 is 10.0 Å². The van der Waals surface area contributed by atoms with E-state index >= 15 is 0 Å². The maximum Gasteiger partial charge on any atom is 0.246 e. The fraction of sp³-hybridized carbons (Fsp3) is 0.667. The number of aryl methyl sites for hydroxylation is 2. The predicted octanol–water partition coefficient (Wildman–Crippen LogP) is 0.0946. The molecule has 1 saturated carbocycles. The third kappa shape index (κ3) is 1.85. The van der Waals surface area contributed by atoms with Gasteiger partial charge in [-0.25, -0.2) is 13.1 Å². The van der Waals surface area contributed by atoms with Crippen molar-refractivity contribution < 1.29 is 18.0 Å². The molecule has 0 aromatic carbocycles. The number of rotatable bonds is 4. The summed E-state index contributed by atoms with van der Waals surface area (Å²) in [7, 11) is -3.65. The molecule has 0 radical (unpaired) electrons. The molecule has 1 aromatic rings. The number of aliphatic hydroxyl groups excluding tert-OH is 1. The third-order valence-electron chi connectivity index (χ3n) is 2.74. The molecule has 0 spiro atoms. The van der Waals surface area contributed by atoms with Crippen LogP contribution in [0, 0.1) is 13.8 Å². The van der Waals surface area contributed by atoms with E-state index < -0.39 is 15.6 Å². The van der Waals surface area contributed by atoms with Gasteiger partial charge in [0, 0.05) is 0 Å². The van der Waals surface area contributed by atoms with Gasteiger partial charge >= 0.3 is 0 Å². The standard InChI is InChI=1S/C9H14N2O4S/c1-6-8(7(2)15-10-6)16(13,14)11-9(5-12)3-4-9/h11-12H,3-5H2,1-2H3. The van der Waals surface area contributed by atoms with Crippen molar-refractivity contribution in [3.05, 3.63) is 11.5 Å². The predicted molar refractivity (Wildman–Crippen MR) is 55.3 cm³/mol. The highest BCUT2D eigenvalue weighted by atomic mass is 32.2. The Bertz CT molecular complexity index is 482. The van der Waals surface area contributed by atoms with E-state index in [1.807, 2.05) is 0 Å². The lowest BCUT2D eigenvalue weighted by Gasteiger charge is -2.13. The van der Waals surface area contributed by atoms with Gasteiger partial charge in [-0.05, 0) is 26.7 Å². The van der Waals surface area contributed by atoms with Gasteiger partial charge in [0.1, 0.15) is 10.6 Å². The molecule has 1 aromatic heterocycles. The highest BCUT2D eigenvalue weighted by molar-refractivity contribution is 7.89. The van der Waals surface area contributed by atoms with Crippen LogP contribution in [0.15, 0.2) is 9.42 Å². The molecule has 16 heavy (non-hydrogen) atoms. The average molecular weight is 246 g/mol. The minimum Gasteiger partial charge on any atom is -0.394 e. The van der Waals surface area contributed by atoms with Crippen LogP contribution in [0.2, 0.25) is 0 Å². The lowest BCUT2D eigenvalue weighted by molar-refractivity contribution is 0.246. The second-order valence-electron chi connectivity index (χ2n) is 4.20. The fourth-order valence-corrected chi connectivity index (χ4v) is 3.42. The van der Waals surface area contributed by atoms with Crippen LogP contribution in [0.1, 0.15) is 24.3 Å². The number of hydrogen-bond acceptors (Lipinski definition) is 5. The highest BCUT2D eigenvalue weighted by Gasteiger charge is 2.46. The van der Waals surface area contributed by atoms with Crippen LogP contribution in [0.25, 0.3) is 0 Å². The molecule has 2 rings (SSSR count). The zero-order valence-corrected chi connectivity index (χ0v) is 9.97. The summed E-state index contributed by atoms with van der Waals surface area (Å²) >= 11 is 0. The summed E-state index contributed by atoms with van der Waals surface area (Å²) in [4.78, 5) is 0.0761. The van der Waals surface area contributed by atoms with Crippen LogP contribution in [-0.2, 0) is 10.0 Å². The second-order valence-corrected chi connectivity index (χ2v) is 5.82. The minimum atomic E-state index is -3.65. The number of nitrogens with one attached hydrogen (secondary N) is 1. The van der Waals surface area contributed by atoms with E-state index in [1.54, 1.807) is 13.8 Å². The highest BCUT2D eigenvalue weighted by Crippen LogP contribution is 2.36. The van der Waals surface area contributed by atoms with Crippen molar-refractivity contribution in [2.24, 2.45) is 0 Å². The largest absolute Gasteiger partial charge is 0.394 e. The van der Waals surface area contributed by atoms with Gasteiger partial charge in [-0.15, -0.1) is 0 Å². The molecule has 7 heteroatoms. The van der Waals surface area contributed by atoms with E-state index in [0.29, 0.717) is 18.5 Å². The van der Waals surface area contributed by atoms with Crippen molar-refractivity contribution in [3.8, 4) is 0 Å². The van der Waals surface area contributed by atoms with Crippen molar-refractivity contribution in [3.63, 3.8) is 0 Å². The zero-order valence-electron chi connectivity index (χ0n) is 9.15. The van der Waals surface area contributed by atoms with Gasteiger partial charge in [-0.1, -0.05) is 5.16 Å². The molecule has 6 nitrogen and oxygen atoms in total. The van der Waals surface area contributed by atoms with Gasteiger partial charge in [-0.2, -0.15) is 0 Å². The maximum absolute atomic E-state index is 12.0. The molecular formula is C9H14N2O4S. The van der Waals surface area contributed by atoms with Gasteiger partial charge in [0.15, 0.2) is 5.76 Å². The first kappa shape index (κ1) is 11.6. The van der Waals surface area contributed by atoms with Crippen LogP contribution in [0.5, 0.6) is 0 Å². The van der Waals surface area contributed by atoms with E-state index in [0.717, 1.165) is 0 Å². The zero-order chi connectivity index (χ0) is 12.0. The summed E-state index contributed by atoms with van der Waals surface area (Å²) in [5.41, 5.74) is -0.339. The van der Waals surface area contributed by atoms with Crippen LogP contribution in [0.3, 0.4) is 0 Å². The third-order valence-corrected chi connectivity index (χ3v) is 4.57. The topological polar surface area (TPSA) is 92.4 Å². The minimum absolute atomic E-state index is 0.0761. The van der Waals surface area contributed by atoms with E-state index in [4.69, 9.17) is 9.63 Å². The van der Waals surface area contributed by atoms with Crippen LogP contribution in [0.4, 0.5) is 0 Å². The fourth-order valence-electron chi connectivity index (χ4n) is 1.64. The Labute approximate surface area is 93.7 Å². The van der Waals surface area contributed by atoms with Gasteiger partial charge in [0.25, 0.3) is 0 Å². The SMILES string of the molecule is Cc1noc(C)c1S(=O)(=O)NC1(CO)CC1. The van der Waals surface area contributed by atoms with E-state index in [1.165, 1.54) is 0 Å². The lowest BCUT2D eigenvalue weighted by Crippen LogP contribution is -2.39. The first-order chi connectivity index (χ1) is 7.40. The summed E-state index contributed by atoms with van der Waals surface area (Å²) in [5, 5.41) is 12.7. The van der Waals surface area contributed by atoms with E-state index in [-0.39, 0.29) is 17.3 Å². The first-order valence-electron chi connectivity index (χ1n) is 4.98. The molecule has 1 aliphatic rings. The molecule has 1 fully saturated rings. The molecular weight excluding hydrogens is 232 g/mol. The number of aliphatic hydroxyl groups is 1. The molecule has 0 amide bonds. The molecule has 0 aliphatic heterocycles. The molecule has 0 bridgehead atoms. The molecule has 1 aliphatic carbocycles. The van der Waals surface area contributed by atoms with Crippen molar-refractivity contribution in [2.45, 2.75) is 37.1 Å². The molecule has 0 saturated heterocycles. The number of nitrogens with zero attached hydrogens (tertiary/aromatic N) is 1. The second kappa shape index (κ2) is 3.54. The Hall–Kier alpha value is -0.920. The lowest BCUT2D eigenvalue weighted by atomic mass is 10.3. The molecule has 0 atom stereocenters. The van der Waals surface area contributed by atoms with Crippen molar-refractivity contribution in [1.82, 2.24) is 9.88 Å². The Balaban J connectivity index is 2.33. The van der Waals surface area contributed by atoms with E-state index in [9.17, 15) is 8.42 Å². The average Bonchev–Trinajstić information content (AvgIpc) is 2.86. The molecule has 0 unspecified atom stereocenters. The maximum atomic E-state index is 12.0. The van der Waals surface area contributed by atoms with Gasteiger partial charge in [0.2, 0.25) is 10.0 Å². The Morgan fingerprint density at radius 3 is 2.50 bits per heavy atom. The summed E-state index contributed by atoms with van der Waals surface area (Å²) in [6, 6.07) is 0. The van der Waals surface area contributed by atoms with Gasteiger partial charge < -0.3 is 9.63 Å².